The predicted octanol–water partition coefficient (Wildman–Crippen LogP) is 4.52. The molecule has 0 radical (unpaired) electrons. The molecule has 2 aromatic carbocycles. The number of thioether (sulfide) groups is 1. The average Bonchev–Trinajstić information content (AvgIpc) is 2.48. The molecule has 0 saturated heterocycles. The van der Waals surface area contributed by atoms with Gasteiger partial charge in [0.1, 0.15) is 0 Å². The predicted molar refractivity (Wildman–Crippen MR) is 86.2 cm³/mol. The molecule has 0 aromatic heterocycles. The monoisotopic (exact) mass is 270 g/mol. The molecule has 3 heteroatoms. The van der Waals surface area contributed by atoms with E-state index in [0.717, 1.165) is 23.0 Å². The van der Waals surface area contributed by atoms with Gasteiger partial charge in [-0.3, -0.25) is 4.99 Å². The molecule has 1 aliphatic rings. The van der Waals surface area contributed by atoms with Gasteiger partial charge in [-0.2, -0.15) is 0 Å². The van der Waals surface area contributed by atoms with Gasteiger partial charge in [-0.15, -0.1) is 0 Å². The van der Waals surface area contributed by atoms with Crippen LogP contribution in [0.3, 0.4) is 0 Å². The van der Waals surface area contributed by atoms with E-state index in [1.165, 1.54) is 17.2 Å². The molecule has 2 aromatic rings. The van der Waals surface area contributed by atoms with Gasteiger partial charge in [-0.25, -0.2) is 0 Å². The van der Waals surface area contributed by atoms with Crippen LogP contribution in [0, 0.1) is 0 Å². The first kappa shape index (κ1) is 12.5. The average molecular weight is 270 g/mol. The largest absolute Gasteiger partial charge is 0.334 e. The van der Waals surface area contributed by atoms with Crippen molar-refractivity contribution < 1.29 is 0 Å². The number of nitrogens with one attached hydrogen (secondary N) is 1. The van der Waals surface area contributed by atoms with E-state index < -0.39 is 0 Å². The molecule has 0 amide bonds. The summed E-state index contributed by atoms with van der Waals surface area (Å²) in [7, 11) is 0. The number of hydrogen-bond donors (Lipinski definition) is 1. The zero-order valence-electron chi connectivity index (χ0n) is 11.1. The first-order valence-electron chi connectivity index (χ1n) is 6.82. The van der Waals surface area contributed by atoms with Crippen molar-refractivity contribution in [2.45, 2.75) is 25.8 Å². The Labute approximate surface area is 118 Å². The van der Waals surface area contributed by atoms with Crippen LogP contribution >= 0.6 is 11.8 Å². The van der Waals surface area contributed by atoms with Gasteiger partial charge in [0.15, 0.2) is 5.17 Å². The summed E-state index contributed by atoms with van der Waals surface area (Å²) in [6.07, 6.45) is 2.32. The summed E-state index contributed by atoms with van der Waals surface area (Å²) in [5.41, 5.74) is 1.15. The van der Waals surface area contributed by atoms with Crippen molar-refractivity contribution in [2.75, 3.05) is 11.1 Å². The summed E-state index contributed by atoms with van der Waals surface area (Å²) < 4.78 is 0. The summed E-state index contributed by atoms with van der Waals surface area (Å²) in [6.45, 7) is 2.21. The molecule has 1 atom stereocenters. The van der Waals surface area contributed by atoms with Gasteiger partial charge >= 0.3 is 0 Å². The lowest BCUT2D eigenvalue weighted by atomic mass is 10.1. The van der Waals surface area contributed by atoms with Crippen molar-refractivity contribution in [3.63, 3.8) is 0 Å². The van der Waals surface area contributed by atoms with Gasteiger partial charge in [0.25, 0.3) is 0 Å². The second-order valence-electron chi connectivity index (χ2n) is 4.79. The van der Waals surface area contributed by atoms with Crippen molar-refractivity contribution in [2.24, 2.45) is 4.99 Å². The molecular formula is C16H18N2S. The molecule has 98 valence electrons. The van der Waals surface area contributed by atoms with Crippen LogP contribution in [0.25, 0.3) is 10.8 Å². The van der Waals surface area contributed by atoms with E-state index >= 15 is 0 Å². The fourth-order valence-electron chi connectivity index (χ4n) is 2.37. The Bertz CT molecular complexity index is 601. The van der Waals surface area contributed by atoms with Crippen molar-refractivity contribution in [1.82, 2.24) is 0 Å². The minimum absolute atomic E-state index is 0.485. The van der Waals surface area contributed by atoms with Gasteiger partial charge in [0.05, 0.1) is 6.04 Å². The quantitative estimate of drug-likeness (QED) is 0.867. The normalized spacial score (nSPS) is 19.2. The highest BCUT2D eigenvalue weighted by molar-refractivity contribution is 8.14. The summed E-state index contributed by atoms with van der Waals surface area (Å²) in [6, 6.07) is 15.3. The van der Waals surface area contributed by atoms with Crippen molar-refractivity contribution >= 4 is 33.4 Å². The third-order valence-electron chi connectivity index (χ3n) is 3.49. The molecule has 0 aliphatic carbocycles. The van der Waals surface area contributed by atoms with Crippen LogP contribution in [0.4, 0.5) is 5.69 Å². The van der Waals surface area contributed by atoms with Crippen LogP contribution < -0.4 is 5.32 Å². The van der Waals surface area contributed by atoms with Crippen molar-refractivity contribution in [3.05, 3.63) is 42.5 Å². The fourth-order valence-corrected chi connectivity index (χ4v) is 3.36. The molecule has 0 spiro atoms. The van der Waals surface area contributed by atoms with Crippen LogP contribution in [-0.4, -0.2) is 17.0 Å². The molecule has 0 fully saturated rings. The third kappa shape index (κ3) is 2.76. The first-order chi connectivity index (χ1) is 9.36. The van der Waals surface area contributed by atoms with E-state index in [2.05, 4.69) is 54.7 Å². The molecule has 19 heavy (non-hydrogen) atoms. The molecule has 2 nitrogen and oxygen atoms in total. The lowest BCUT2D eigenvalue weighted by molar-refractivity contribution is 0.634. The van der Waals surface area contributed by atoms with Crippen LogP contribution in [0.2, 0.25) is 0 Å². The SMILES string of the molecule is CCC1CCSC(Nc2cccc3ccccc23)=N1. The number of nitrogens with zero attached hydrogens (tertiary/aromatic N) is 1. The Kier molecular flexibility index (Phi) is 3.74. The molecule has 1 heterocycles. The second-order valence-corrected chi connectivity index (χ2v) is 5.87. The molecule has 3 rings (SSSR count). The maximum absolute atomic E-state index is 4.77. The van der Waals surface area contributed by atoms with Crippen molar-refractivity contribution in [3.8, 4) is 0 Å². The molecule has 1 aliphatic heterocycles. The van der Waals surface area contributed by atoms with Gasteiger partial charge in [-0.05, 0) is 24.3 Å². The molecule has 1 N–H and O–H groups in total. The Hall–Kier alpha value is -1.48. The number of aliphatic imine (C=N–C) groups is 1. The van der Waals surface area contributed by atoms with E-state index in [4.69, 9.17) is 4.99 Å². The first-order valence-corrected chi connectivity index (χ1v) is 7.81. The van der Waals surface area contributed by atoms with E-state index in [9.17, 15) is 0 Å². The zero-order chi connectivity index (χ0) is 13.1. The zero-order valence-corrected chi connectivity index (χ0v) is 11.9. The van der Waals surface area contributed by atoms with E-state index in [1.807, 2.05) is 11.8 Å². The molecule has 0 bridgehead atoms. The molecule has 0 saturated carbocycles. The number of anilines is 1. The standard InChI is InChI=1S/C16H18N2S/c1-2-13-10-11-19-16(17-13)18-15-9-5-7-12-6-3-4-8-14(12)15/h3-9,13H,2,10-11H2,1H3,(H,17,18). The number of rotatable bonds is 2. The Morgan fingerprint density at radius 3 is 2.95 bits per heavy atom. The van der Waals surface area contributed by atoms with Gasteiger partial charge in [-0.1, -0.05) is 55.1 Å². The van der Waals surface area contributed by atoms with Crippen LogP contribution in [0.5, 0.6) is 0 Å². The van der Waals surface area contributed by atoms with Gasteiger partial charge < -0.3 is 5.32 Å². The third-order valence-corrected chi connectivity index (χ3v) is 4.41. The van der Waals surface area contributed by atoms with Crippen molar-refractivity contribution in [1.29, 1.82) is 0 Å². The van der Waals surface area contributed by atoms with E-state index in [1.54, 1.807) is 0 Å². The van der Waals surface area contributed by atoms with Crippen LogP contribution in [0.1, 0.15) is 19.8 Å². The lowest BCUT2D eigenvalue weighted by Crippen LogP contribution is -2.19. The number of amidine groups is 1. The number of hydrogen-bond acceptors (Lipinski definition) is 3. The number of benzene rings is 2. The van der Waals surface area contributed by atoms with Crippen LogP contribution in [0.15, 0.2) is 47.5 Å². The summed E-state index contributed by atoms with van der Waals surface area (Å²) >= 11 is 1.82. The molecular weight excluding hydrogens is 252 g/mol. The number of fused-ring (bicyclic) bond motifs is 1. The summed E-state index contributed by atoms with van der Waals surface area (Å²) in [5.74, 6) is 1.16. The Balaban J connectivity index is 1.91. The smallest absolute Gasteiger partial charge is 0.161 e. The molecule has 1 unspecified atom stereocenters. The topological polar surface area (TPSA) is 24.4 Å². The highest BCUT2D eigenvalue weighted by Gasteiger charge is 2.14. The highest BCUT2D eigenvalue weighted by Crippen LogP contribution is 2.26. The maximum Gasteiger partial charge on any atom is 0.161 e. The maximum atomic E-state index is 4.77. The summed E-state index contributed by atoms with van der Waals surface area (Å²) in [4.78, 5) is 4.77. The Morgan fingerprint density at radius 1 is 1.21 bits per heavy atom. The minimum Gasteiger partial charge on any atom is -0.334 e. The highest BCUT2D eigenvalue weighted by atomic mass is 32.2. The van der Waals surface area contributed by atoms with E-state index in [0.29, 0.717) is 6.04 Å². The summed E-state index contributed by atoms with van der Waals surface area (Å²) in [5, 5.41) is 7.09. The van der Waals surface area contributed by atoms with Crippen LogP contribution in [-0.2, 0) is 0 Å². The second kappa shape index (κ2) is 5.66. The van der Waals surface area contributed by atoms with Gasteiger partial charge in [0.2, 0.25) is 0 Å². The van der Waals surface area contributed by atoms with E-state index in [-0.39, 0.29) is 0 Å². The van der Waals surface area contributed by atoms with Gasteiger partial charge in [0, 0.05) is 16.8 Å². The minimum atomic E-state index is 0.485. The fraction of sp³-hybridized carbons (Fsp3) is 0.312. The lowest BCUT2D eigenvalue weighted by Gasteiger charge is -2.20. The Morgan fingerprint density at radius 2 is 2.05 bits per heavy atom.